The average molecular weight is 446 g/mol. The summed E-state index contributed by atoms with van der Waals surface area (Å²) in [6, 6.07) is 20.0. The molecule has 0 radical (unpaired) electrons. The lowest BCUT2D eigenvalue weighted by atomic mass is 10.3. The zero-order valence-corrected chi connectivity index (χ0v) is 16.6. The molecule has 9 heteroatoms. The molecule has 158 valence electrons. The minimum absolute atomic E-state index is 0.0878. The lowest BCUT2D eigenvalue weighted by Gasteiger charge is -2.10. The molecule has 0 N–H and O–H groups in total. The van der Waals surface area contributed by atoms with Crippen LogP contribution in [-0.4, -0.2) is 14.8 Å². The van der Waals surface area contributed by atoms with Gasteiger partial charge in [0.05, 0.1) is 10.7 Å². The number of pyridine rings is 1. The molecule has 0 aliphatic rings. The Balaban J connectivity index is 1.52. The third-order valence-electron chi connectivity index (χ3n) is 4.20. The molecule has 0 saturated heterocycles. The highest BCUT2D eigenvalue weighted by molar-refractivity contribution is 6.32. The molecule has 0 aliphatic heterocycles. The van der Waals surface area contributed by atoms with Crippen molar-refractivity contribution >= 4 is 11.6 Å². The van der Waals surface area contributed by atoms with Crippen LogP contribution < -0.4 is 9.47 Å². The van der Waals surface area contributed by atoms with E-state index in [9.17, 15) is 13.2 Å². The maximum Gasteiger partial charge on any atom is 0.435 e. The van der Waals surface area contributed by atoms with Gasteiger partial charge in [-0.2, -0.15) is 18.3 Å². The first kappa shape index (κ1) is 20.7. The van der Waals surface area contributed by atoms with Crippen LogP contribution in [0.2, 0.25) is 5.02 Å². The Morgan fingerprint density at radius 3 is 2.23 bits per heavy atom. The normalized spacial score (nSPS) is 11.4. The highest BCUT2D eigenvalue weighted by atomic mass is 35.5. The number of aromatic nitrogens is 3. The van der Waals surface area contributed by atoms with Crippen LogP contribution in [0.1, 0.15) is 11.4 Å². The van der Waals surface area contributed by atoms with Gasteiger partial charge in [0.2, 0.25) is 0 Å². The number of hydrogen-bond acceptors (Lipinski definition) is 4. The molecular weight excluding hydrogens is 431 g/mol. The Labute approximate surface area is 180 Å². The number of benzene rings is 2. The van der Waals surface area contributed by atoms with Crippen molar-refractivity contribution in [2.45, 2.75) is 12.8 Å². The molecule has 0 aliphatic carbocycles. The summed E-state index contributed by atoms with van der Waals surface area (Å²) >= 11 is 6.10. The summed E-state index contributed by atoms with van der Waals surface area (Å²) in [5.74, 6) is 1.83. The SMILES string of the molecule is FC(F)(F)c1cc(COc2ccc(Oc3ccccc3)cc2)n(-c2ncccc2Cl)n1. The summed E-state index contributed by atoms with van der Waals surface area (Å²) in [5.41, 5.74) is -0.906. The summed E-state index contributed by atoms with van der Waals surface area (Å²) in [7, 11) is 0. The molecule has 4 aromatic rings. The van der Waals surface area contributed by atoms with E-state index in [0.29, 0.717) is 17.2 Å². The van der Waals surface area contributed by atoms with Crippen LogP contribution in [0.25, 0.3) is 5.82 Å². The van der Waals surface area contributed by atoms with Crippen molar-refractivity contribution in [1.29, 1.82) is 0 Å². The van der Waals surface area contributed by atoms with Gasteiger partial charge in [0.25, 0.3) is 0 Å². The number of halogens is 4. The number of alkyl halides is 3. The highest BCUT2D eigenvalue weighted by Gasteiger charge is 2.35. The van der Waals surface area contributed by atoms with Crippen molar-refractivity contribution in [3.63, 3.8) is 0 Å². The first-order chi connectivity index (χ1) is 14.9. The fourth-order valence-corrected chi connectivity index (χ4v) is 2.97. The van der Waals surface area contributed by atoms with E-state index in [-0.39, 0.29) is 23.1 Å². The fourth-order valence-electron chi connectivity index (χ4n) is 2.76. The Morgan fingerprint density at radius 2 is 1.55 bits per heavy atom. The van der Waals surface area contributed by atoms with Gasteiger partial charge in [-0.1, -0.05) is 29.8 Å². The van der Waals surface area contributed by atoms with Gasteiger partial charge < -0.3 is 9.47 Å². The van der Waals surface area contributed by atoms with Crippen molar-refractivity contribution in [1.82, 2.24) is 14.8 Å². The second-order valence-electron chi connectivity index (χ2n) is 6.41. The van der Waals surface area contributed by atoms with Gasteiger partial charge in [-0.15, -0.1) is 0 Å². The van der Waals surface area contributed by atoms with Gasteiger partial charge >= 0.3 is 6.18 Å². The number of rotatable bonds is 6. The zero-order valence-electron chi connectivity index (χ0n) is 15.9. The van der Waals surface area contributed by atoms with Crippen molar-refractivity contribution in [2.24, 2.45) is 0 Å². The maximum absolute atomic E-state index is 13.2. The first-order valence-corrected chi connectivity index (χ1v) is 9.51. The van der Waals surface area contributed by atoms with Crippen molar-refractivity contribution < 1.29 is 22.6 Å². The fraction of sp³-hybridized carbons (Fsp3) is 0.0909. The van der Waals surface area contributed by atoms with Crippen molar-refractivity contribution in [3.05, 3.63) is 95.4 Å². The summed E-state index contributed by atoms with van der Waals surface area (Å²) < 4.78 is 52.0. The van der Waals surface area contributed by atoms with Crippen LogP contribution >= 0.6 is 11.6 Å². The van der Waals surface area contributed by atoms with E-state index in [1.165, 1.54) is 12.3 Å². The molecule has 5 nitrogen and oxygen atoms in total. The Kier molecular flexibility index (Phi) is 5.81. The first-order valence-electron chi connectivity index (χ1n) is 9.13. The topological polar surface area (TPSA) is 49.2 Å². The van der Waals surface area contributed by atoms with E-state index in [2.05, 4.69) is 10.1 Å². The smallest absolute Gasteiger partial charge is 0.435 e. The largest absolute Gasteiger partial charge is 0.487 e. The average Bonchev–Trinajstić information content (AvgIpc) is 3.19. The van der Waals surface area contributed by atoms with E-state index in [4.69, 9.17) is 21.1 Å². The molecule has 0 bridgehead atoms. The number of hydrogen-bond donors (Lipinski definition) is 0. The van der Waals surface area contributed by atoms with Crippen LogP contribution in [0, 0.1) is 0 Å². The van der Waals surface area contributed by atoms with Crippen LogP contribution in [-0.2, 0) is 12.8 Å². The molecule has 0 unspecified atom stereocenters. The van der Waals surface area contributed by atoms with E-state index < -0.39 is 11.9 Å². The van der Waals surface area contributed by atoms with Gasteiger partial charge in [-0.3, -0.25) is 0 Å². The minimum atomic E-state index is -4.61. The van der Waals surface area contributed by atoms with Crippen molar-refractivity contribution in [2.75, 3.05) is 0 Å². The molecule has 31 heavy (non-hydrogen) atoms. The molecule has 0 saturated carbocycles. The molecule has 0 spiro atoms. The predicted octanol–water partition coefficient (Wildman–Crippen LogP) is 6.31. The van der Waals surface area contributed by atoms with Gasteiger partial charge in [-0.05, 0) is 54.6 Å². The quantitative estimate of drug-likeness (QED) is 0.349. The van der Waals surface area contributed by atoms with Crippen molar-refractivity contribution in [3.8, 4) is 23.1 Å². The number of ether oxygens (including phenoxy) is 2. The lowest BCUT2D eigenvalue weighted by molar-refractivity contribution is -0.141. The van der Waals surface area contributed by atoms with Crippen LogP contribution in [0.4, 0.5) is 13.2 Å². The van der Waals surface area contributed by atoms with Gasteiger partial charge in [0.1, 0.15) is 23.9 Å². The molecule has 2 heterocycles. The summed E-state index contributed by atoms with van der Waals surface area (Å²) in [5, 5.41) is 3.80. The number of nitrogens with zero attached hydrogens (tertiary/aromatic N) is 3. The molecule has 0 fully saturated rings. The second kappa shape index (κ2) is 8.69. The lowest BCUT2D eigenvalue weighted by Crippen LogP contribution is -2.10. The summed E-state index contributed by atoms with van der Waals surface area (Å²) in [4.78, 5) is 4.04. The van der Waals surface area contributed by atoms with Gasteiger partial charge in [-0.25, -0.2) is 9.67 Å². The molecule has 2 aromatic carbocycles. The zero-order chi connectivity index (χ0) is 21.8. The van der Waals surface area contributed by atoms with Crippen LogP contribution in [0.15, 0.2) is 79.0 Å². The monoisotopic (exact) mass is 445 g/mol. The third-order valence-corrected chi connectivity index (χ3v) is 4.50. The van der Waals surface area contributed by atoms with E-state index in [0.717, 1.165) is 10.7 Å². The molecule has 4 rings (SSSR count). The van der Waals surface area contributed by atoms with Crippen LogP contribution in [0.5, 0.6) is 17.2 Å². The maximum atomic E-state index is 13.2. The Bertz CT molecular complexity index is 1160. The van der Waals surface area contributed by atoms with E-state index in [1.54, 1.807) is 30.3 Å². The Hall–Kier alpha value is -3.52. The highest BCUT2D eigenvalue weighted by Crippen LogP contribution is 2.31. The number of para-hydroxylation sites is 1. The Morgan fingerprint density at radius 1 is 0.871 bits per heavy atom. The standard InChI is InChI=1S/C22H15ClF3N3O2/c23-19-7-4-12-27-21(19)29-15(13-20(28-29)22(24,25)26)14-30-16-8-10-18(11-9-16)31-17-5-2-1-3-6-17/h1-13H,14H2. The summed E-state index contributed by atoms with van der Waals surface area (Å²) in [6.07, 6.45) is -3.19. The van der Waals surface area contributed by atoms with Gasteiger partial charge in [0, 0.05) is 6.20 Å². The summed E-state index contributed by atoms with van der Waals surface area (Å²) in [6.45, 7) is -0.172. The molecule has 0 amide bonds. The van der Waals surface area contributed by atoms with E-state index >= 15 is 0 Å². The van der Waals surface area contributed by atoms with Gasteiger partial charge in [0.15, 0.2) is 11.5 Å². The second-order valence-corrected chi connectivity index (χ2v) is 6.82. The van der Waals surface area contributed by atoms with Crippen LogP contribution in [0.3, 0.4) is 0 Å². The third kappa shape index (κ3) is 4.97. The molecule has 0 atom stereocenters. The minimum Gasteiger partial charge on any atom is -0.487 e. The predicted molar refractivity (Wildman–Crippen MR) is 109 cm³/mol. The van der Waals surface area contributed by atoms with E-state index in [1.807, 2.05) is 30.3 Å². The molecule has 2 aromatic heterocycles. The molecular formula is C22H15ClF3N3O2.